The standard InChI is InChI=1S/C23H30N2O3/c26-23(27)14-16-6-8-17(9-7-16)18-10-12-19(13-11-18)21-15-22(25-24-21)28-20-4-2-1-3-5-20/h10-13,15-17,20H,1-9,14H2,(H,24,25)(H,26,27)/t16-,17-. The van der Waals surface area contributed by atoms with E-state index in [9.17, 15) is 4.79 Å². The maximum Gasteiger partial charge on any atom is 0.303 e. The molecule has 0 unspecified atom stereocenters. The van der Waals surface area contributed by atoms with E-state index in [2.05, 4.69) is 34.5 Å². The van der Waals surface area contributed by atoms with Crippen molar-refractivity contribution >= 4 is 5.97 Å². The lowest BCUT2D eigenvalue weighted by molar-refractivity contribution is -0.138. The molecule has 5 heteroatoms. The highest BCUT2D eigenvalue weighted by atomic mass is 16.5. The summed E-state index contributed by atoms with van der Waals surface area (Å²) in [4.78, 5) is 10.9. The van der Waals surface area contributed by atoms with Crippen LogP contribution in [0.3, 0.4) is 0 Å². The Morgan fingerprint density at radius 2 is 1.75 bits per heavy atom. The number of hydrogen-bond donors (Lipinski definition) is 2. The summed E-state index contributed by atoms with van der Waals surface area (Å²) in [5, 5.41) is 16.4. The molecule has 2 aliphatic carbocycles. The SMILES string of the molecule is O=C(O)C[C@H]1CC[C@H](c2ccc(-c3cc(OC4CCCCC4)n[nH]3)cc2)CC1. The number of hydrogen-bond acceptors (Lipinski definition) is 3. The van der Waals surface area contributed by atoms with Crippen molar-refractivity contribution in [2.24, 2.45) is 5.92 Å². The molecule has 2 fully saturated rings. The van der Waals surface area contributed by atoms with Gasteiger partial charge in [0.2, 0.25) is 5.88 Å². The van der Waals surface area contributed by atoms with E-state index in [1.54, 1.807) is 0 Å². The van der Waals surface area contributed by atoms with Gasteiger partial charge in [-0.05, 0) is 74.3 Å². The number of benzene rings is 1. The fourth-order valence-corrected chi connectivity index (χ4v) is 4.75. The summed E-state index contributed by atoms with van der Waals surface area (Å²) in [6.45, 7) is 0. The molecule has 28 heavy (non-hydrogen) atoms. The monoisotopic (exact) mass is 382 g/mol. The molecule has 0 radical (unpaired) electrons. The van der Waals surface area contributed by atoms with Crippen molar-refractivity contribution in [1.29, 1.82) is 0 Å². The Balaban J connectivity index is 1.34. The van der Waals surface area contributed by atoms with Gasteiger partial charge in [-0.3, -0.25) is 9.89 Å². The maximum atomic E-state index is 10.9. The molecule has 2 saturated carbocycles. The number of aromatic amines is 1. The summed E-state index contributed by atoms with van der Waals surface area (Å²) in [6.07, 6.45) is 10.9. The van der Waals surface area contributed by atoms with Gasteiger partial charge in [0.1, 0.15) is 6.10 Å². The molecule has 1 heterocycles. The first kappa shape index (κ1) is 19.0. The molecule has 0 spiro atoms. The molecule has 1 aromatic heterocycles. The van der Waals surface area contributed by atoms with E-state index in [0.717, 1.165) is 49.8 Å². The van der Waals surface area contributed by atoms with Gasteiger partial charge in [0.15, 0.2) is 0 Å². The average Bonchev–Trinajstić information content (AvgIpc) is 3.17. The fourth-order valence-electron chi connectivity index (χ4n) is 4.75. The van der Waals surface area contributed by atoms with Crippen LogP contribution in [-0.4, -0.2) is 27.4 Å². The van der Waals surface area contributed by atoms with Crippen molar-refractivity contribution < 1.29 is 14.6 Å². The quantitative estimate of drug-likeness (QED) is 0.688. The number of carboxylic acids is 1. The number of aromatic nitrogens is 2. The molecule has 5 nitrogen and oxygen atoms in total. The van der Waals surface area contributed by atoms with E-state index in [0.29, 0.717) is 30.2 Å². The van der Waals surface area contributed by atoms with Gasteiger partial charge in [0.05, 0.1) is 5.69 Å². The highest BCUT2D eigenvalue weighted by molar-refractivity contribution is 5.67. The molecule has 2 aromatic rings. The molecule has 150 valence electrons. The van der Waals surface area contributed by atoms with Crippen LogP contribution in [0.25, 0.3) is 11.3 Å². The van der Waals surface area contributed by atoms with Crippen molar-refractivity contribution in [3.05, 3.63) is 35.9 Å². The van der Waals surface area contributed by atoms with Gasteiger partial charge in [-0.25, -0.2) is 0 Å². The van der Waals surface area contributed by atoms with Crippen LogP contribution < -0.4 is 4.74 Å². The number of ether oxygens (including phenoxy) is 1. The lowest BCUT2D eigenvalue weighted by atomic mass is 9.77. The third-order valence-electron chi connectivity index (χ3n) is 6.40. The molecule has 1 aromatic carbocycles. The van der Waals surface area contributed by atoms with Crippen molar-refractivity contribution in [3.8, 4) is 17.1 Å². The van der Waals surface area contributed by atoms with E-state index in [-0.39, 0.29) is 0 Å². The van der Waals surface area contributed by atoms with Crippen LogP contribution in [0, 0.1) is 5.92 Å². The van der Waals surface area contributed by atoms with Crippen molar-refractivity contribution in [1.82, 2.24) is 10.2 Å². The Kier molecular flexibility index (Phi) is 5.98. The third-order valence-corrected chi connectivity index (χ3v) is 6.40. The van der Waals surface area contributed by atoms with E-state index in [1.807, 2.05) is 6.07 Å². The van der Waals surface area contributed by atoms with Gasteiger partial charge >= 0.3 is 5.97 Å². The molecular formula is C23H30N2O3. The van der Waals surface area contributed by atoms with Crippen LogP contribution in [0.4, 0.5) is 0 Å². The summed E-state index contributed by atoms with van der Waals surface area (Å²) in [5.41, 5.74) is 3.47. The van der Waals surface area contributed by atoms with Crippen LogP contribution in [0.5, 0.6) is 5.88 Å². The summed E-state index contributed by atoms with van der Waals surface area (Å²) in [6, 6.07) is 10.7. The van der Waals surface area contributed by atoms with Gasteiger partial charge in [0.25, 0.3) is 0 Å². The molecule has 2 aliphatic rings. The summed E-state index contributed by atoms with van der Waals surface area (Å²) in [7, 11) is 0. The molecule has 0 aliphatic heterocycles. The van der Waals surface area contributed by atoms with E-state index in [4.69, 9.17) is 9.84 Å². The van der Waals surface area contributed by atoms with Crippen molar-refractivity contribution in [2.75, 3.05) is 0 Å². The Morgan fingerprint density at radius 3 is 2.43 bits per heavy atom. The highest BCUT2D eigenvalue weighted by Crippen LogP contribution is 2.37. The second kappa shape index (κ2) is 8.80. The predicted octanol–water partition coefficient (Wildman–Crippen LogP) is 5.54. The first-order chi connectivity index (χ1) is 13.7. The summed E-state index contributed by atoms with van der Waals surface area (Å²) >= 11 is 0. The van der Waals surface area contributed by atoms with Crippen LogP contribution in [0.15, 0.2) is 30.3 Å². The zero-order chi connectivity index (χ0) is 19.3. The molecule has 0 amide bonds. The Labute approximate surface area is 166 Å². The van der Waals surface area contributed by atoms with E-state index in [1.165, 1.54) is 24.8 Å². The topological polar surface area (TPSA) is 75.2 Å². The van der Waals surface area contributed by atoms with E-state index >= 15 is 0 Å². The smallest absolute Gasteiger partial charge is 0.303 e. The Hall–Kier alpha value is -2.30. The zero-order valence-electron chi connectivity index (χ0n) is 16.4. The number of H-pyrrole nitrogens is 1. The fraction of sp³-hybridized carbons (Fsp3) is 0.565. The number of carbonyl (C=O) groups is 1. The first-order valence-corrected chi connectivity index (χ1v) is 10.7. The third kappa shape index (κ3) is 4.75. The summed E-state index contributed by atoms with van der Waals surface area (Å²) < 4.78 is 6.03. The molecule has 2 N–H and O–H groups in total. The number of rotatable bonds is 6. The minimum Gasteiger partial charge on any atom is -0.481 e. The van der Waals surface area contributed by atoms with Crippen molar-refractivity contribution in [3.63, 3.8) is 0 Å². The second-order valence-electron chi connectivity index (χ2n) is 8.44. The first-order valence-electron chi connectivity index (χ1n) is 10.7. The van der Waals surface area contributed by atoms with Crippen LogP contribution in [0.2, 0.25) is 0 Å². The largest absolute Gasteiger partial charge is 0.481 e. The Morgan fingerprint density at radius 1 is 1.04 bits per heavy atom. The molecule has 0 bridgehead atoms. The molecule has 0 saturated heterocycles. The highest BCUT2D eigenvalue weighted by Gasteiger charge is 2.24. The molecule has 0 atom stereocenters. The van der Waals surface area contributed by atoms with Gasteiger partial charge in [0, 0.05) is 12.5 Å². The van der Waals surface area contributed by atoms with Gasteiger partial charge in [-0.15, -0.1) is 5.10 Å². The number of nitrogens with one attached hydrogen (secondary N) is 1. The number of aliphatic carboxylic acids is 1. The Bertz CT molecular complexity index is 769. The second-order valence-corrected chi connectivity index (χ2v) is 8.44. The lowest BCUT2D eigenvalue weighted by Crippen LogP contribution is -2.19. The minimum absolute atomic E-state index is 0.309. The summed E-state index contributed by atoms with van der Waals surface area (Å²) in [5.74, 6) is 0.925. The van der Waals surface area contributed by atoms with Crippen LogP contribution >= 0.6 is 0 Å². The van der Waals surface area contributed by atoms with Gasteiger partial charge < -0.3 is 9.84 Å². The number of carboxylic acid groups (broad SMARTS) is 1. The maximum absolute atomic E-state index is 10.9. The predicted molar refractivity (Wildman–Crippen MR) is 108 cm³/mol. The van der Waals surface area contributed by atoms with Crippen LogP contribution in [-0.2, 0) is 4.79 Å². The van der Waals surface area contributed by atoms with E-state index < -0.39 is 5.97 Å². The molecule has 4 rings (SSSR count). The lowest BCUT2D eigenvalue weighted by Gasteiger charge is -2.28. The van der Waals surface area contributed by atoms with Crippen LogP contribution in [0.1, 0.15) is 75.7 Å². The molecular weight excluding hydrogens is 352 g/mol. The normalized spacial score (nSPS) is 23.4. The minimum atomic E-state index is -0.667. The van der Waals surface area contributed by atoms with Gasteiger partial charge in [-0.2, -0.15) is 0 Å². The number of nitrogens with zero attached hydrogens (tertiary/aromatic N) is 1. The van der Waals surface area contributed by atoms with Gasteiger partial charge in [-0.1, -0.05) is 30.7 Å². The zero-order valence-corrected chi connectivity index (χ0v) is 16.4. The average molecular weight is 383 g/mol. The van der Waals surface area contributed by atoms with Crippen molar-refractivity contribution in [2.45, 2.75) is 76.2 Å².